The van der Waals surface area contributed by atoms with E-state index >= 15 is 0 Å². The largest absolute Gasteiger partial charge is 0.418 e. The van der Waals surface area contributed by atoms with Crippen molar-refractivity contribution in [2.45, 2.75) is 42.7 Å². The van der Waals surface area contributed by atoms with Crippen molar-refractivity contribution in [3.8, 4) is 5.69 Å². The molecule has 0 saturated heterocycles. The highest BCUT2D eigenvalue weighted by Crippen LogP contribution is 2.42. The first-order valence-corrected chi connectivity index (χ1v) is 9.00. The summed E-state index contributed by atoms with van der Waals surface area (Å²) in [6.45, 7) is 0. The zero-order chi connectivity index (χ0) is 17.5. The Morgan fingerprint density at radius 2 is 1.88 bits per heavy atom. The summed E-state index contributed by atoms with van der Waals surface area (Å²) in [5.74, 6) is -0.0849. The number of primary sulfonamides is 1. The van der Waals surface area contributed by atoms with Gasteiger partial charge in [-0.25, -0.2) is 18.2 Å². The first kappa shape index (κ1) is 17.0. The molecule has 0 aliphatic heterocycles. The SMILES string of the molecule is NS(=O)(=O)c1cc(C2CCCC2)cc(C(F)(F)F)c1-n1cccn1. The lowest BCUT2D eigenvalue weighted by molar-refractivity contribution is -0.137. The predicted molar refractivity (Wildman–Crippen MR) is 81.1 cm³/mol. The van der Waals surface area contributed by atoms with E-state index in [9.17, 15) is 21.6 Å². The molecule has 1 fully saturated rings. The maximum Gasteiger partial charge on any atom is 0.418 e. The molecule has 0 spiro atoms. The summed E-state index contributed by atoms with van der Waals surface area (Å²) in [4.78, 5) is -0.553. The van der Waals surface area contributed by atoms with E-state index in [4.69, 9.17) is 5.14 Å². The van der Waals surface area contributed by atoms with Crippen molar-refractivity contribution in [3.63, 3.8) is 0 Å². The smallest absolute Gasteiger partial charge is 0.239 e. The molecule has 0 unspecified atom stereocenters. The highest BCUT2D eigenvalue weighted by Gasteiger charge is 2.38. The average Bonchev–Trinajstić information content (AvgIpc) is 3.17. The van der Waals surface area contributed by atoms with Gasteiger partial charge < -0.3 is 0 Å². The van der Waals surface area contributed by atoms with E-state index in [1.54, 1.807) is 0 Å². The number of hydrogen-bond acceptors (Lipinski definition) is 3. The van der Waals surface area contributed by atoms with Crippen LogP contribution in [0.15, 0.2) is 35.5 Å². The van der Waals surface area contributed by atoms with Crippen LogP contribution in [-0.2, 0) is 16.2 Å². The Balaban J connectivity index is 2.33. The van der Waals surface area contributed by atoms with Crippen molar-refractivity contribution < 1.29 is 21.6 Å². The number of benzene rings is 1. The highest BCUT2D eigenvalue weighted by atomic mass is 32.2. The number of halogens is 3. The van der Waals surface area contributed by atoms with Crippen molar-refractivity contribution in [3.05, 3.63) is 41.7 Å². The van der Waals surface area contributed by atoms with Crippen LogP contribution >= 0.6 is 0 Å². The van der Waals surface area contributed by atoms with Gasteiger partial charge in [0.15, 0.2) is 0 Å². The maximum absolute atomic E-state index is 13.6. The van der Waals surface area contributed by atoms with Gasteiger partial charge in [-0.15, -0.1) is 0 Å². The minimum Gasteiger partial charge on any atom is -0.239 e. The first-order valence-electron chi connectivity index (χ1n) is 7.46. The van der Waals surface area contributed by atoms with Crippen LogP contribution in [0.3, 0.4) is 0 Å². The van der Waals surface area contributed by atoms with Crippen molar-refractivity contribution in [2.24, 2.45) is 5.14 Å². The molecule has 1 aliphatic rings. The fraction of sp³-hybridized carbons (Fsp3) is 0.400. The second-order valence-corrected chi connectivity index (χ2v) is 7.42. The van der Waals surface area contributed by atoms with Crippen molar-refractivity contribution in [1.29, 1.82) is 0 Å². The fourth-order valence-corrected chi connectivity index (χ4v) is 3.97. The first-order chi connectivity index (χ1) is 11.2. The van der Waals surface area contributed by atoms with Gasteiger partial charge in [-0.3, -0.25) is 0 Å². The Hall–Kier alpha value is -1.87. The second kappa shape index (κ2) is 5.89. The van der Waals surface area contributed by atoms with Crippen molar-refractivity contribution in [1.82, 2.24) is 9.78 Å². The maximum atomic E-state index is 13.6. The van der Waals surface area contributed by atoms with E-state index in [1.165, 1.54) is 24.5 Å². The minimum atomic E-state index is -4.73. The molecule has 1 aromatic carbocycles. The quantitative estimate of drug-likeness (QED) is 0.914. The number of aromatic nitrogens is 2. The lowest BCUT2D eigenvalue weighted by atomic mass is 9.95. The molecule has 9 heteroatoms. The van der Waals surface area contributed by atoms with Gasteiger partial charge in [0.25, 0.3) is 0 Å². The Bertz CT molecular complexity index is 840. The van der Waals surface area contributed by atoms with E-state index in [2.05, 4.69) is 5.10 Å². The molecule has 0 atom stereocenters. The summed E-state index contributed by atoms with van der Waals surface area (Å²) in [5.41, 5.74) is -1.24. The highest BCUT2D eigenvalue weighted by molar-refractivity contribution is 7.89. The lowest BCUT2D eigenvalue weighted by Gasteiger charge is -2.20. The van der Waals surface area contributed by atoms with Gasteiger partial charge in [-0.2, -0.15) is 18.3 Å². The molecule has 0 amide bonds. The molecule has 2 aromatic rings. The van der Waals surface area contributed by atoms with Gasteiger partial charge in [-0.05, 0) is 42.5 Å². The molecular formula is C15H16F3N3O2S. The molecular weight excluding hydrogens is 343 g/mol. The molecule has 1 saturated carbocycles. The summed E-state index contributed by atoms with van der Waals surface area (Å²) < 4.78 is 65.6. The predicted octanol–water partition coefficient (Wildman–Crippen LogP) is 3.20. The molecule has 3 rings (SSSR count). The van der Waals surface area contributed by atoms with Crippen LogP contribution in [0, 0.1) is 0 Å². The Morgan fingerprint density at radius 3 is 2.38 bits per heavy atom. The number of sulfonamides is 1. The average molecular weight is 359 g/mol. The Morgan fingerprint density at radius 1 is 1.21 bits per heavy atom. The standard InChI is InChI=1S/C15H16F3N3O2S/c16-15(17,18)12-8-11(10-4-1-2-5-10)9-13(24(19,22)23)14(12)21-7-3-6-20-21/h3,6-10H,1-2,4-5H2,(H2,19,22,23). The number of hydrogen-bond donors (Lipinski definition) is 1. The fourth-order valence-electron chi connectivity index (χ4n) is 3.19. The van der Waals surface area contributed by atoms with E-state index in [1.807, 2.05) is 0 Å². The Kier molecular flexibility index (Phi) is 4.16. The summed E-state index contributed by atoms with van der Waals surface area (Å²) in [6, 6.07) is 3.71. The van der Waals surface area contributed by atoms with Gasteiger partial charge in [0.2, 0.25) is 10.0 Å². The molecule has 1 aromatic heterocycles. The number of alkyl halides is 3. The molecule has 1 aliphatic carbocycles. The van der Waals surface area contributed by atoms with Gasteiger partial charge in [0.1, 0.15) is 4.90 Å². The molecule has 5 nitrogen and oxygen atoms in total. The van der Waals surface area contributed by atoms with Crippen molar-refractivity contribution >= 4 is 10.0 Å². The number of nitrogens with two attached hydrogens (primary N) is 1. The molecule has 0 radical (unpaired) electrons. The van der Waals surface area contributed by atoms with E-state index in [-0.39, 0.29) is 5.92 Å². The van der Waals surface area contributed by atoms with Crippen LogP contribution in [0.5, 0.6) is 0 Å². The summed E-state index contributed by atoms with van der Waals surface area (Å²) in [7, 11) is -4.36. The number of rotatable bonds is 3. The normalized spacial score (nSPS) is 16.7. The van der Waals surface area contributed by atoms with Gasteiger partial charge in [0.05, 0.1) is 11.3 Å². The lowest BCUT2D eigenvalue weighted by Crippen LogP contribution is -2.21. The third-order valence-electron chi connectivity index (χ3n) is 4.27. The van der Waals surface area contributed by atoms with Crippen LogP contribution < -0.4 is 5.14 Å². The molecule has 2 N–H and O–H groups in total. The molecule has 24 heavy (non-hydrogen) atoms. The third-order valence-corrected chi connectivity index (χ3v) is 5.19. The Labute approximate surface area is 137 Å². The van der Waals surface area contributed by atoms with Gasteiger partial charge in [-0.1, -0.05) is 12.8 Å². The molecule has 130 valence electrons. The van der Waals surface area contributed by atoms with Crippen molar-refractivity contribution in [2.75, 3.05) is 0 Å². The van der Waals surface area contributed by atoms with Gasteiger partial charge >= 0.3 is 6.18 Å². The van der Waals surface area contributed by atoms with Crippen LogP contribution in [0.2, 0.25) is 0 Å². The van der Waals surface area contributed by atoms with Crippen LogP contribution in [-0.4, -0.2) is 18.2 Å². The van der Waals surface area contributed by atoms with Gasteiger partial charge in [0, 0.05) is 12.4 Å². The third kappa shape index (κ3) is 3.18. The van der Waals surface area contributed by atoms with E-state index in [0.29, 0.717) is 5.56 Å². The topological polar surface area (TPSA) is 78.0 Å². The molecule has 0 bridgehead atoms. The van der Waals surface area contributed by atoms with E-state index < -0.39 is 32.3 Å². The monoisotopic (exact) mass is 359 g/mol. The van der Waals surface area contributed by atoms with Crippen LogP contribution in [0.25, 0.3) is 5.69 Å². The number of nitrogens with zero attached hydrogens (tertiary/aromatic N) is 2. The zero-order valence-corrected chi connectivity index (χ0v) is 13.4. The van der Waals surface area contributed by atoms with Crippen LogP contribution in [0.1, 0.15) is 42.7 Å². The minimum absolute atomic E-state index is 0.0849. The summed E-state index contributed by atoms with van der Waals surface area (Å²) in [5, 5.41) is 8.97. The zero-order valence-electron chi connectivity index (χ0n) is 12.6. The van der Waals surface area contributed by atoms with E-state index in [0.717, 1.165) is 36.4 Å². The summed E-state index contributed by atoms with van der Waals surface area (Å²) >= 11 is 0. The second-order valence-electron chi connectivity index (χ2n) is 5.89. The van der Waals surface area contributed by atoms with Crippen LogP contribution in [0.4, 0.5) is 13.2 Å². The molecule has 1 heterocycles. The summed E-state index contributed by atoms with van der Waals surface area (Å²) in [6.07, 6.45) is 1.11.